The van der Waals surface area contributed by atoms with Crippen LogP contribution in [0.25, 0.3) is 11.3 Å². The van der Waals surface area contributed by atoms with Gasteiger partial charge in [-0.05, 0) is 43.3 Å². The lowest BCUT2D eigenvalue weighted by atomic mass is 10.2. The second-order valence-electron chi connectivity index (χ2n) is 6.66. The Morgan fingerprint density at radius 3 is 2.29 bits per heavy atom. The number of hydrogen-bond donors (Lipinski definition) is 3. The van der Waals surface area contributed by atoms with E-state index in [1.165, 1.54) is 4.68 Å². The van der Waals surface area contributed by atoms with Gasteiger partial charge in [0.15, 0.2) is 0 Å². The van der Waals surface area contributed by atoms with Gasteiger partial charge in [-0.2, -0.15) is 0 Å². The van der Waals surface area contributed by atoms with Crippen LogP contribution in [-0.2, 0) is 20.8 Å². The fourth-order valence-electron chi connectivity index (χ4n) is 3.02. The molecule has 31 heavy (non-hydrogen) atoms. The maximum atomic E-state index is 12.6. The van der Waals surface area contributed by atoms with Crippen LogP contribution in [-0.4, -0.2) is 34.2 Å². The summed E-state index contributed by atoms with van der Waals surface area (Å²) in [5.74, 6) is -2.01. The highest BCUT2D eigenvalue weighted by molar-refractivity contribution is 6.42. The Hall–Kier alpha value is -4.07. The van der Waals surface area contributed by atoms with E-state index >= 15 is 0 Å². The van der Waals surface area contributed by atoms with Gasteiger partial charge in [0.2, 0.25) is 0 Å². The number of amides is 2. The van der Waals surface area contributed by atoms with E-state index in [-0.39, 0.29) is 12.8 Å². The number of rotatable bonds is 8. The van der Waals surface area contributed by atoms with Crippen molar-refractivity contribution in [2.45, 2.75) is 19.8 Å². The van der Waals surface area contributed by atoms with Crippen LogP contribution in [0.3, 0.4) is 0 Å². The molecule has 0 fully saturated rings. The van der Waals surface area contributed by atoms with Crippen molar-refractivity contribution < 1.29 is 24.2 Å². The highest BCUT2D eigenvalue weighted by Crippen LogP contribution is 2.22. The predicted octanol–water partition coefficient (Wildman–Crippen LogP) is 3.28. The van der Waals surface area contributed by atoms with E-state index in [0.717, 1.165) is 5.56 Å². The van der Waals surface area contributed by atoms with Gasteiger partial charge in [0.25, 0.3) is 0 Å². The number of nitrogens with one attached hydrogen (secondary N) is 2. The monoisotopic (exact) mass is 421 g/mol. The van der Waals surface area contributed by atoms with Gasteiger partial charge in [0.05, 0.1) is 18.7 Å². The number of aliphatic carboxylic acids is 1. The van der Waals surface area contributed by atoms with E-state index < -0.39 is 17.8 Å². The number of benzene rings is 2. The van der Waals surface area contributed by atoms with Gasteiger partial charge in [0.1, 0.15) is 5.75 Å². The predicted molar refractivity (Wildman–Crippen MR) is 116 cm³/mol. The largest absolute Gasteiger partial charge is 0.494 e. The molecule has 160 valence electrons. The SMILES string of the molecule is CCOc1ccc(NC(=O)C(=O)Nn2c(CCC(=O)O)ccc2-c2ccccc2)cc1. The Balaban J connectivity index is 1.77. The van der Waals surface area contributed by atoms with Gasteiger partial charge in [0, 0.05) is 23.4 Å². The molecule has 0 aliphatic carbocycles. The Morgan fingerprint density at radius 1 is 0.935 bits per heavy atom. The number of carbonyl (C=O) groups excluding carboxylic acids is 2. The van der Waals surface area contributed by atoms with E-state index in [2.05, 4.69) is 10.7 Å². The van der Waals surface area contributed by atoms with Gasteiger partial charge >= 0.3 is 17.8 Å². The molecule has 3 aromatic rings. The molecular weight excluding hydrogens is 398 g/mol. The number of anilines is 1. The number of aryl methyl sites for hydroxylation is 1. The minimum Gasteiger partial charge on any atom is -0.494 e. The van der Waals surface area contributed by atoms with Crippen LogP contribution in [0.15, 0.2) is 66.7 Å². The molecule has 2 amide bonds. The molecule has 8 nitrogen and oxygen atoms in total. The maximum Gasteiger partial charge on any atom is 0.328 e. The Labute approximate surface area is 179 Å². The summed E-state index contributed by atoms with van der Waals surface area (Å²) in [5, 5.41) is 11.5. The molecule has 3 rings (SSSR count). The third-order valence-corrected chi connectivity index (χ3v) is 4.47. The molecule has 0 unspecified atom stereocenters. The zero-order chi connectivity index (χ0) is 22.2. The van der Waals surface area contributed by atoms with Crippen LogP contribution in [0, 0.1) is 0 Å². The van der Waals surface area contributed by atoms with Crippen molar-refractivity contribution in [2.24, 2.45) is 0 Å². The van der Waals surface area contributed by atoms with Crippen LogP contribution in [0.1, 0.15) is 19.0 Å². The minimum absolute atomic E-state index is 0.105. The first-order chi connectivity index (χ1) is 15.0. The van der Waals surface area contributed by atoms with Crippen LogP contribution in [0.4, 0.5) is 5.69 Å². The normalized spacial score (nSPS) is 10.4. The van der Waals surface area contributed by atoms with E-state index in [0.29, 0.717) is 29.4 Å². The second kappa shape index (κ2) is 10.1. The van der Waals surface area contributed by atoms with Crippen molar-refractivity contribution in [3.63, 3.8) is 0 Å². The van der Waals surface area contributed by atoms with Crippen LogP contribution < -0.4 is 15.5 Å². The highest BCUT2D eigenvalue weighted by atomic mass is 16.5. The van der Waals surface area contributed by atoms with Crippen LogP contribution >= 0.6 is 0 Å². The molecule has 1 aromatic heterocycles. The smallest absolute Gasteiger partial charge is 0.328 e. The number of carboxylic acid groups (broad SMARTS) is 1. The second-order valence-corrected chi connectivity index (χ2v) is 6.66. The fraction of sp³-hybridized carbons (Fsp3) is 0.174. The first kappa shape index (κ1) is 21.6. The first-order valence-corrected chi connectivity index (χ1v) is 9.81. The number of aromatic nitrogens is 1. The highest BCUT2D eigenvalue weighted by Gasteiger charge is 2.18. The Morgan fingerprint density at radius 2 is 1.65 bits per heavy atom. The lowest BCUT2D eigenvalue weighted by molar-refractivity contribution is -0.137. The van der Waals surface area contributed by atoms with Crippen molar-refractivity contribution in [3.05, 3.63) is 72.4 Å². The summed E-state index contributed by atoms with van der Waals surface area (Å²) in [6.07, 6.45) is 0.0927. The topological polar surface area (TPSA) is 110 Å². The third-order valence-electron chi connectivity index (χ3n) is 4.47. The molecular formula is C23H23N3O5. The zero-order valence-electron chi connectivity index (χ0n) is 17.0. The zero-order valence-corrected chi connectivity index (χ0v) is 17.0. The number of ether oxygens (including phenoxy) is 1. The summed E-state index contributed by atoms with van der Waals surface area (Å²) in [6, 6.07) is 19.5. The van der Waals surface area contributed by atoms with Crippen molar-refractivity contribution in [1.29, 1.82) is 0 Å². The number of carboxylic acids is 1. The molecule has 0 saturated heterocycles. The average molecular weight is 421 g/mol. The first-order valence-electron chi connectivity index (χ1n) is 9.81. The van der Waals surface area contributed by atoms with Crippen LogP contribution in [0.2, 0.25) is 0 Å². The van der Waals surface area contributed by atoms with Crippen molar-refractivity contribution >= 4 is 23.5 Å². The number of hydrogen-bond acceptors (Lipinski definition) is 4. The molecule has 3 N–H and O–H groups in total. The summed E-state index contributed by atoms with van der Waals surface area (Å²) >= 11 is 0. The molecule has 2 aromatic carbocycles. The number of nitrogens with zero attached hydrogens (tertiary/aromatic N) is 1. The lowest BCUT2D eigenvalue weighted by Gasteiger charge is -2.15. The fourth-order valence-corrected chi connectivity index (χ4v) is 3.02. The van der Waals surface area contributed by atoms with E-state index in [1.54, 1.807) is 36.4 Å². The minimum atomic E-state index is -0.950. The van der Waals surface area contributed by atoms with Crippen LogP contribution in [0.5, 0.6) is 5.75 Å². The summed E-state index contributed by atoms with van der Waals surface area (Å²) in [4.78, 5) is 36.0. The molecule has 0 aliphatic heterocycles. The summed E-state index contributed by atoms with van der Waals surface area (Å²) in [6.45, 7) is 2.40. The summed E-state index contributed by atoms with van der Waals surface area (Å²) < 4.78 is 6.81. The molecule has 0 aliphatic rings. The molecule has 0 atom stereocenters. The lowest BCUT2D eigenvalue weighted by Crippen LogP contribution is -2.35. The van der Waals surface area contributed by atoms with Gasteiger partial charge in [-0.25, -0.2) is 0 Å². The number of carbonyl (C=O) groups is 3. The Kier molecular flexibility index (Phi) is 7.05. The van der Waals surface area contributed by atoms with Gasteiger partial charge in [-0.3, -0.25) is 24.5 Å². The summed E-state index contributed by atoms with van der Waals surface area (Å²) in [5.41, 5.74) is 5.06. The molecule has 8 heteroatoms. The van der Waals surface area contributed by atoms with Crippen molar-refractivity contribution in [2.75, 3.05) is 17.3 Å². The molecule has 0 spiro atoms. The Bertz CT molecular complexity index is 1060. The molecule has 1 heterocycles. The van der Waals surface area contributed by atoms with E-state index in [4.69, 9.17) is 9.84 Å². The van der Waals surface area contributed by atoms with Gasteiger partial charge in [-0.1, -0.05) is 30.3 Å². The maximum absolute atomic E-state index is 12.6. The van der Waals surface area contributed by atoms with Crippen molar-refractivity contribution in [1.82, 2.24) is 4.68 Å². The van der Waals surface area contributed by atoms with E-state index in [1.807, 2.05) is 37.3 Å². The average Bonchev–Trinajstić information content (AvgIpc) is 3.16. The summed E-state index contributed by atoms with van der Waals surface area (Å²) in [7, 11) is 0. The molecule has 0 saturated carbocycles. The van der Waals surface area contributed by atoms with Gasteiger partial charge in [-0.15, -0.1) is 0 Å². The quantitative estimate of drug-likeness (QED) is 0.484. The molecule has 0 bridgehead atoms. The van der Waals surface area contributed by atoms with E-state index in [9.17, 15) is 14.4 Å². The molecule has 0 radical (unpaired) electrons. The standard InChI is InChI=1S/C23H23N3O5/c1-2-31-19-12-8-17(9-13-19)24-22(29)23(30)25-26-18(11-15-21(27)28)10-14-20(26)16-6-4-3-5-7-16/h3-10,12-14H,2,11,15H2,1H3,(H,24,29)(H,25,30)(H,27,28). The van der Waals surface area contributed by atoms with Crippen molar-refractivity contribution in [3.8, 4) is 17.0 Å². The third kappa shape index (κ3) is 5.72. The van der Waals surface area contributed by atoms with Gasteiger partial charge < -0.3 is 15.2 Å².